The molecule has 1 fully saturated rings. The molecule has 2 aliphatic heterocycles. The molecule has 0 saturated carbocycles. The summed E-state index contributed by atoms with van der Waals surface area (Å²) in [6, 6.07) is 10.2. The highest BCUT2D eigenvalue weighted by Gasteiger charge is 2.39. The molecule has 174 valence electrons. The average Bonchev–Trinajstić information content (AvgIpc) is 2.95. The molecule has 2 aromatic rings. The molecule has 0 bridgehead atoms. The fourth-order valence-electron chi connectivity index (χ4n) is 3.60. The van der Waals surface area contributed by atoms with Gasteiger partial charge >= 0.3 is 6.09 Å². The average molecular weight is 490 g/mol. The third-order valence-electron chi connectivity index (χ3n) is 5.25. The Balaban J connectivity index is 1.73. The van der Waals surface area contributed by atoms with E-state index in [4.69, 9.17) is 37.4 Å². The Morgan fingerprint density at radius 2 is 1.82 bits per heavy atom. The van der Waals surface area contributed by atoms with Crippen molar-refractivity contribution in [2.75, 3.05) is 24.7 Å². The number of fused-ring (bicyclic) bond motifs is 1. The standard InChI is InChI=1S/C25H25Cl2NO5/c1-24(2,3)33-23(30)28-20-11-17(27)5-7-18(20)19(22(28)29)10-15-9-16(26)6-8-21(15)32-14-25(4)12-31-13-25/h5-11H,12-14H2,1-4H3/b19-10-. The second-order valence-corrected chi connectivity index (χ2v) is 10.5. The van der Waals surface area contributed by atoms with Crippen molar-refractivity contribution < 1.29 is 23.8 Å². The van der Waals surface area contributed by atoms with E-state index in [9.17, 15) is 9.59 Å². The van der Waals surface area contributed by atoms with E-state index in [0.717, 1.165) is 4.90 Å². The molecule has 33 heavy (non-hydrogen) atoms. The normalized spacial score (nSPS) is 18.2. The van der Waals surface area contributed by atoms with Crippen molar-refractivity contribution in [2.24, 2.45) is 5.41 Å². The SMILES string of the molecule is CC1(COc2ccc(Cl)cc2/C=C2\C(=O)N(C(=O)OC(C)(C)C)c3cc(Cl)ccc32)COC1. The Kier molecular flexibility index (Phi) is 6.20. The Labute approximate surface area is 203 Å². The minimum absolute atomic E-state index is 0.0515. The topological polar surface area (TPSA) is 65.1 Å². The molecule has 2 amide bonds. The number of halogens is 2. The van der Waals surface area contributed by atoms with Crippen LogP contribution in [0.1, 0.15) is 38.8 Å². The second kappa shape index (κ2) is 8.67. The van der Waals surface area contributed by atoms with Gasteiger partial charge in [0, 0.05) is 26.6 Å². The van der Waals surface area contributed by atoms with Gasteiger partial charge in [0.2, 0.25) is 0 Å². The van der Waals surface area contributed by atoms with Crippen LogP contribution in [0.25, 0.3) is 11.6 Å². The largest absolute Gasteiger partial charge is 0.492 e. The zero-order chi connectivity index (χ0) is 24.0. The number of benzene rings is 2. The molecule has 0 radical (unpaired) electrons. The Hall–Kier alpha value is -2.54. The smallest absolute Gasteiger partial charge is 0.422 e. The van der Waals surface area contributed by atoms with Crippen LogP contribution in [0.4, 0.5) is 10.5 Å². The summed E-state index contributed by atoms with van der Waals surface area (Å²) >= 11 is 12.4. The molecule has 0 unspecified atom stereocenters. The van der Waals surface area contributed by atoms with Crippen LogP contribution in [0.5, 0.6) is 5.75 Å². The van der Waals surface area contributed by atoms with Crippen molar-refractivity contribution in [3.05, 3.63) is 57.6 Å². The van der Waals surface area contributed by atoms with Crippen molar-refractivity contribution in [2.45, 2.75) is 33.3 Å². The molecule has 2 heterocycles. The van der Waals surface area contributed by atoms with Crippen molar-refractivity contribution in [3.8, 4) is 5.75 Å². The minimum Gasteiger partial charge on any atom is -0.492 e. The predicted octanol–water partition coefficient (Wildman–Crippen LogP) is 6.23. The zero-order valence-corrected chi connectivity index (χ0v) is 20.4. The highest BCUT2D eigenvalue weighted by Crippen LogP contribution is 2.41. The maximum absolute atomic E-state index is 13.4. The number of anilines is 1. The van der Waals surface area contributed by atoms with Crippen LogP contribution in [0.3, 0.4) is 0 Å². The predicted molar refractivity (Wildman–Crippen MR) is 129 cm³/mol. The summed E-state index contributed by atoms with van der Waals surface area (Å²) in [5, 5.41) is 0.900. The van der Waals surface area contributed by atoms with Gasteiger partial charge < -0.3 is 14.2 Å². The maximum Gasteiger partial charge on any atom is 0.422 e. The number of carbonyl (C=O) groups excluding carboxylic acids is 2. The number of imide groups is 1. The van der Waals surface area contributed by atoms with Gasteiger partial charge in [-0.15, -0.1) is 0 Å². The van der Waals surface area contributed by atoms with E-state index in [-0.39, 0.29) is 5.41 Å². The lowest BCUT2D eigenvalue weighted by molar-refractivity contribution is -0.120. The quantitative estimate of drug-likeness (QED) is 0.476. The fraction of sp³-hybridized carbons (Fsp3) is 0.360. The van der Waals surface area contributed by atoms with Gasteiger partial charge in [-0.2, -0.15) is 0 Å². The van der Waals surface area contributed by atoms with Gasteiger partial charge in [0.25, 0.3) is 5.91 Å². The van der Waals surface area contributed by atoms with E-state index < -0.39 is 17.6 Å². The number of hydrogen-bond acceptors (Lipinski definition) is 5. The number of amides is 2. The molecule has 2 aliphatic rings. The van der Waals surface area contributed by atoms with E-state index in [1.54, 1.807) is 63.2 Å². The maximum atomic E-state index is 13.4. The lowest BCUT2D eigenvalue weighted by Gasteiger charge is -2.37. The highest BCUT2D eigenvalue weighted by molar-refractivity contribution is 6.42. The first-order chi connectivity index (χ1) is 15.5. The lowest BCUT2D eigenvalue weighted by Crippen LogP contribution is -2.44. The summed E-state index contributed by atoms with van der Waals surface area (Å²) in [7, 11) is 0. The number of carbonyl (C=O) groups is 2. The monoisotopic (exact) mass is 489 g/mol. The number of nitrogens with zero attached hydrogens (tertiary/aromatic N) is 1. The number of hydrogen-bond donors (Lipinski definition) is 0. The van der Waals surface area contributed by atoms with Crippen LogP contribution in [0, 0.1) is 5.41 Å². The lowest BCUT2D eigenvalue weighted by atomic mass is 9.90. The summed E-state index contributed by atoms with van der Waals surface area (Å²) in [5.41, 5.74) is 1.07. The zero-order valence-electron chi connectivity index (χ0n) is 18.9. The Morgan fingerprint density at radius 3 is 2.45 bits per heavy atom. The summed E-state index contributed by atoms with van der Waals surface area (Å²) < 4.78 is 16.8. The molecule has 0 aliphatic carbocycles. The third-order valence-corrected chi connectivity index (χ3v) is 5.72. The van der Waals surface area contributed by atoms with Gasteiger partial charge in [0.05, 0.1) is 31.1 Å². The third kappa shape index (κ3) is 5.03. The van der Waals surface area contributed by atoms with Crippen LogP contribution < -0.4 is 9.64 Å². The van der Waals surface area contributed by atoms with Gasteiger partial charge in [0.15, 0.2) is 0 Å². The van der Waals surface area contributed by atoms with Crippen molar-refractivity contribution in [1.29, 1.82) is 0 Å². The highest BCUT2D eigenvalue weighted by atomic mass is 35.5. The van der Waals surface area contributed by atoms with Crippen molar-refractivity contribution >= 4 is 52.5 Å². The molecule has 8 heteroatoms. The number of ether oxygens (including phenoxy) is 3. The van der Waals surface area contributed by atoms with Crippen LogP contribution in [-0.4, -0.2) is 37.4 Å². The van der Waals surface area contributed by atoms with Crippen LogP contribution in [0.15, 0.2) is 36.4 Å². The van der Waals surface area contributed by atoms with E-state index in [1.165, 1.54) is 0 Å². The van der Waals surface area contributed by atoms with Crippen LogP contribution in [0.2, 0.25) is 10.0 Å². The molecule has 0 spiro atoms. The summed E-state index contributed by atoms with van der Waals surface area (Å²) in [5.74, 6) is 0.0749. The Bertz CT molecular complexity index is 1150. The van der Waals surface area contributed by atoms with Gasteiger partial charge in [0.1, 0.15) is 11.4 Å². The van der Waals surface area contributed by atoms with E-state index in [1.807, 2.05) is 0 Å². The van der Waals surface area contributed by atoms with Gasteiger partial charge in [-0.05, 0) is 57.2 Å². The van der Waals surface area contributed by atoms with Gasteiger partial charge in [-0.25, -0.2) is 9.69 Å². The van der Waals surface area contributed by atoms with E-state index in [0.29, 0.717) is 58.0 Å². The van der Waals surface area contributed by atoms with E-state index >= 15 is 0 Å². The second-order valence-electron chi connectivity index (χ2n) is 9.61. The molecule has 0 N–H and O–H groups in total. The molecule has 6 nitrogen and oxygen atoms in total. The molecular formula is C25H25Cl2NO5. The summed E-state index contributed by atoms with van der Waals surface area (Å²) in [4.78, 5) is 27.3. The summed E-state index contributed by atoms with van der Waals surface area (Å²) in [6.07, 6.45) is 0.917. The Morgan fingerprint density at radius 1 is 1.15 bits per heavy atom. The molecule has 0 aromatic heterocycles. The first kappa shape index (κ1) is 23.6. The van der Waals surface area contributed by atoms with Crippen LogP contribution in [-0.2, 0) is 14.3 Å². The first-order valence-electron chi connectivity index (χ1n) is 10.5. The molecular weight excluding hydrogens is 465 g/mol. The van der Waals surface area contributed by atoms with Gasteiger partial charge in [-0.1, -0.05) is 36.2 Å². The number of rotatable bonds is 4. The first-order valence-corrected chi connectivity index (χ1v) is 11.3. The molecule has 0 atom stereocenters. The van der Waals surface area contributed by atoms with E-state index in [2.05, 4.69) is 6.92 Å². The molecule has 2 aromatic carbocycles. The van der Waals surface area contributed by atoms with Crippen LogP contribution >= 0.6 is 23.2 Å². The fourth-order valence-corrected chi connectivity index (χ4v) is 3.94. The molecule has 4 rings (SSSR count). The minimum atomic E-state index is -0.766. The van der Waals surface area contributed by atoms with Crippen molar-refractivity contribution in [3.63, 3.8) is 0 Å². The van der Waals surface area contributed by atoms with Crippen molar-refractivity contribution in [1.82, 2.24) is 0 Å². The molecule has 1 saturated heterocycles. The van der Waals surface area contributed by atoms with Gasteiger partial charge in [-0.3, -0.25) is 4.79 Å². The summed E-state index contributed by atoms with van der Waals surface area (Å²) in [6.45, 7) is 9.04.